The normalized spacial score (nSPS) is 10.5. The van der Waals surface area contributed by atoms with Crippen LogP contribution in [0.5, 0.6) is 0 Å². The minimum atomic E-state index is -1.18. The van der Waals surface area contributed by atoms with Crippen LogP contribution in [-0.4, -0.2) is 15.7 Å². The molecule has 0 aliphatic rings. The van der Waals surface area contributed by atoms with E-state index in [0.29, 0.717) is 12.1 Å². The summed E-state index contributed by atoms with van der Waals surface area (Å²) in [4.78, 5) is 10.9. The van der Waals surface area contributed by atoms with Gasteiger partial charge in [0.1, 0.15) is 0 Å². The number of hydrogen-bond acceptors (Lipinski definition) is 3. The fraction of sp³-hybridized carbons (Fsp3) is 0.231. The van der Waals surface area contributed by atoms with Gasteiger partial charge in [0.15, 0.2) is 0 Å². The summed E-state index contributed by atoms with van der Waals surface area (Å²) >= 11 is 0. The highest BCUT2D eigenvalue weighted by Gasteiger charge is 2.10. The quantitative estimate of drug-likeness (QED) is 0.792. The summed E-state index contributed by atoms with van der Waals surface area (Å²) in [6.07, 6.45) is 1.94. The molecule has 2 rings (SSSR count). The van der Waals surface area contributed by atoms with Crippen LogP contribution in [0.1, 0.15) is 28.5 Å². The number of aryl methyl sites for hydroxylation is 1. The Morgan fingerprint density at radius 2 is 2.00 bits per heavy atom. The maximum Gasteiger partial charge on any atom is 0.0749 e. The minimum absolute atomic E-state index is 0.160. The Kier molecular flexibility index (Phi) is 2.95. The fourth-order valence-electron chi connectivity index (χ4n) is 1.79. The number of carboxylic acid groups (broad SMARTS) is 1. The Bertz CT molecular complexity index is 541. The molecule has 0 saturated heterocycles. The molecule has 4 nitrogen and oxygen atoms in total. The van der Waals surface area contributed by atoms with Gasteiger partial charge in [0.25, 0.3) is 0 Å². The van der Waals surface area contributed by atoms with Gasteiger partial charge < -0.3 is 9.90 Å². The van der Waals surface area contributed by atoms with Crippen LogP contribution in [-0.2, 0) is 6.42 Å². The lowest BCUT2D eigenvalue weighted by Crippen LogP contribution is -2.23. The zero-order valence-electron chi connectivity index (χ0n) is 9.80. The highest BCUT2D eigenvalue weighted by Crippen LogP contribution is 2.15. The molecule has 88 valence electrons. The zero-order valence-corrected chi connectivity index (χ0v) is 9.80. The zero-order chi connectivity index (χ0) is 12.4. The Balaban J connectivity index is 2.52. The number of aromatic nitrogens is 2. The molecule has 1 aromatic carbocycles. The number of rotatable bonds is 3. The first-order valence-corrected chi connectivity index (χ1v) is 5.48. The van der Waals surface area contributed by atoms with E-state index in [9.17, 15) is 9.90 Å². The first-order valence-electron chi connectivity index (χ1n) is 5.48. The summed E-state index contributed by atoms with van der Waals surface area (Å²) in [6, 6.07) is 7.77. The summed E-state index contributed by atoms with van der Waals surface area (Å²) < 4.78 is 1.64. The molecule has 17 heavy (non-hydrogen) atoms. The van der Waals surface area contributed by atoms with Crippen molar-refractivity contribution in [3.8, 4) is 5.69 Å². The monoisotopic (exact) mass is 229 g/mol. The van der Waals surface area contributed by atoms with E-state index in [4.69, 9.17) is 0 Å². The largest absolute Gasteiger partial charge is 0.545 e. The van der Waals surface area contributed by atoms with Crippen LogP contribution in [0.15, 0.2) is 30.5 Å². The second kappa shape index (κ2) is 4.41. The lowest BCUT2D eigenvalue weighted by Gasteiger charge is -2.08. The number of carbonyl (C=O) groups excluding carboxylic acids is 1. The van der Waals surface area contributed by atoms with E-state index in [1.54, 1.807) is 4.68 Å². The third kappa shape index (κ3) is 2.06. The van der Waals surface area contributed by atoms with Gasteiger partial charge >= 0.3 is 0 Å². The predicted octanol–water partition coefficient (Wildman–Crippen LogP) is 1.11. The maximum absolute atomic E-state index is 10.9. The molecule has 2 aromatic rings. The summed E-state index contributed by atoms with van der Waals surface area (Å²) in [5, 5.41) is 15.0. The van der Waals surface area contributed by atoms with Crippen molar-refractivity contribution < 1.29 is 9.90 Å². The maximum atomic E-state index is 10.9. The molecule has 0 N–H and O–H groups in total. The lowest BCUT2D eigenvalue weighted by molar-refractivity contribution is -0.255. The van der Waals surface area contributed by atoms with Crippen molar-refractivity contribution in [2.75, 3.05) is 0 Å². The molecular formula is C13H13N2O2-. The number of hydrogen-bond donors (Lipinski definition) is 0. The number of aromatic carboxylic acids is 1. The van der Waals surface area contributed by atoms with E-state index in [2.05, 4.69) is 5.10 Å². The minimum Gasteiger partial charge on any atom is -0.545 e. The number of benzene rings is 1. The van der Waals surface area contributed by atoms with Crippen molar-refractivity contribution in [3.05, 3.63) is 47.3 Å². The molecule has 0 radical (unpaired) electrons. The Hall–Kier alpha value is -2.10. The van der Waals surface area contributed by atoms with Gasteiger partial charge in [-0.1, -0.05) is 24.6 Å². The number of carboxylic acids is 1. The predicted molar refractivity (Wildman–Crippen MR) is 62.0 cm³/mol. The van der Waals surface area contributed by atoms with E-state index in [0.717, 1.165) is 11.3 Å². The van der Waals surface area contributed by atoms with Gasteiger partial charge in [-0.05, 0) is 25.5 Å². The average Bonchev–Trinajstić information content (AvgIpc) is 2.73. The standard InChI is InChI=1S/C13H14N2O2/c1-3-12-11(13(16)17)8-14-15(12)10-6-4-9(2)5-7-10/h4-8H,3H2,1-2H3,(H,16,17)/p-1. The van der Waals surface area contributed by atoms with Crippen molar-refractivity contribution in [2.45, 2.75) is 20.3 Å². The van der Waals surface area contributed by atoms with Crippen molar-refractivity contribution in [1.82, 2.24) is 9.78 Å². The molecule has 0 saturated carbocycles. The summed E-state index contributed by atoms with van der Waals surface area (Å²) in [5.74, 6) is -1.18. The van der Waals surface area contributed by atoms with Crippen LogP contribution in [0.2, 0.25) is 0 Å². The topological polar surface area (TPSA) is 57.9 Å². The molecule has 0 aliphatic carbocycles. The van der Waals surface area contributed by atoms with Crippen LogP contribution in [0.25, 0.3) is 5.69 Å². The molecule has 0 atom stereocenters. The van der Waals surface area contributed by atoms with Crippen molar-refractivity contribution in [3.63, 3.8) is 0 Å². The summed E-state index contributed by atoms with van der Waals surface area (Å²) in [5.41, 5.74) is 2.83. The number of nitrogens with zero attached hydrogens (tertiary/aromatic N) is 2. The van der Waals surface area contributed by atoms with E-state index in [1.807, 2.05) is 38.1 Å². The van der Waals surface area contributed by atoms with Crippen molar-refractivity contribution in [1.29, 1.82) is 0 Å². The van der Waals surface area contributed by atoms with Crippen molar-refractivity contribution >= 4 is 5.97 Å². The van der Waals surface area contributed by atoms with Gasteiger partial charge in [0.2, 0.25) is 0 Å². The second-order valence-electron chi connectivity index (χ2n) is 3.89. The van der Waals surface area contributed by atoms with E-state index in [1.165, 1.54) is 6.20 Å². The Labute approximate surface area is 99.5 Å². The molecular weight excluding hydrogens is 216 g/mol. The SMILES string of the molecule is CCc1c(C(=O)[O-])cnn1-c1ccc(C)cc1. The van der Waals surface area contributed by atoms with Crippen LogP contribution in [0, 0.1) is 6.92 Å². The molecule has 0 aliphatic heterocycles. The molecule has 1 aromatic heterocycles. The first kappa shape index (κ1) is 11.4. The molecule has 0 spiro atoms. The Morgan fingerprint density at radius 3 is 2.53 bits per heavy atom. The molecule has 0 bridgehead atoms. The first-order chi connectivity index (χ1) is 8.13. The van der Waals surface area contributed by atoms with E-state index >= 15 is 0 Å². The summed E-state index contributed by atoms with van der Waals surface area (Å²) in [6.45, 7) is 3.90. The number of carbonyl (C=O) groups is 1. The third-order valence-electron chi connectivity index (χ3n) is 2.70. The second-order valence-corrected chi connectivity index (χ2v) is 3.89. The highest BCUT2D eigenvalue weighted by molar-refractivity contribution is 5.87. The fourth-order valence-corrected chi connectivity index (χ4v) is 1.79. The third-order valence-corrected chi connectivity index (χ3v) is 2.70. The van der Waals surface area contributed by atoms with Crippen LogP contribution in [0.3, 0.4) is 0 Å². The molecule has 0 unspecified atom stereocenters. The molecule has 0 fully saturated rings. The highest BCUT2D eigenvalue weighted by atomic mass is 16.4. The van der Waals surface area contributed by atoms with Gasteiger partial charge in [-0.2, -0.15) is 5.10 Å². The summed E-state index contributed by atoms with van der Waals surface area (Å²) in [7, 11) is 0. The van der Waals surface area contributed by atoms with Crippen LogP contribution < -0.4 is 5.11 Å². The molecule has 4 heteroatoms. The van der Waals surface area contributed by atoms with Crippen LogP contribution >= 0.6 is 0 Å². The van der Waals surface area contributed by atoms with Crippen molar-refractivity contribution in [2.24, 2.45) is 0 Å². The average molecular weight is 229 g/mol. The van der Waals surface area contributed by atoms with Crippen LogP contribution in [0.4, 0.5) is 0 Å². The molecule has 1 heterocycles. The van der Waals surface area contributed by atoms with E-state index in [-0.39, 0.29) is 5.56 Å². The lowest BCUT2D eigenvalue weighted by atomic mass is 10.2. The Morgan fingerprint density at radius 1 is 1.35 bits per heavy atom. The van der Waals surface area contributed by atoms with Gasteiger partial charge in [0, 0.05) is 5.56 Å². The van der Waals surface area contributed by atoms with Gasteiger partial charge in [0.05, 0.1) is 23.5 Å². The molecule has 0 amide bonds. The van der Waals surface area contributed by atoms with Gasteiger partial charge in [-0.25, -0.2) is 4.68 Å². The van der Waals surface area contributed by atoms with Gasteiger partial charge in [-0.15, -0.1) is 0 Å². The van der Waals surface area contributed by atoms with Gasteiger partial charge in [-0.3, -0.25) is 0 Å². The smallest absolute Gasteiger partial charge is 0.0749 e. The van der Waals surface area contributed by atoms with E-state index < -0.39 is 5.97 Å².